The average molecular weight is 160 g/mol. The van der Waals surface area contributed by atoms with Gasteiger partial charge in [-0.1, -0.05) is 36.5 Å². The maximum atomic E-state index is 3.85. The topological polar surface area (TPSA) is 0 Å². The molecule has 1 rings (SSSR count). The molecule has 64 valence electrons. The summed E-state index contributed by atoms with van der Waals surface area (Å²) >= 11 is 0. The Morgan fingerprint density at radius 1 is 1.25 bits per heavy atom. The lowest BCUT2D eigenvalue weighted by atomic mass is 9.75. The third-order valence-corrected chi connectivity index (χ3v) is 2.70. The van der Waals surface area contributed by atoms with Crippen molar-refractivity contribution in [2.75, 3.05) is 0 Å². The van der Waals surface area contributed by atoms with Gasteiger partial charge in [0, 0.05) is 5.41 Å². The minimum Gasteiger partial charge on any atom is -0.102 e. The third kappa shape index (κ3) is 1.58. The fraction of sp³-hybridized carbons (Fsp3) is 0.333. The maximum Gasteiger partial charge on any atom is 0.00935 e. The van der Waals surface area contributed by atoms with Gasteiger partial charge in [0.15, 0.2) is 0 Å². The van der Waals surface area contributed by atoms with Gasteiger partial charge < -0.3 is 0 Å². The highest BCUT2D eigenvalue weighted by atomic mass is 14.3. The lowest BCUT2D eigenvalue weighted by molar-refractivity contribution is 0.439. The van der Waals surface area contributed by atoms with Crippen LogP contribution in [0.4, 0.5) is 0 Å². The standard InChI is InChI=1S/C12H16/c1-4-11-7-9-12(5-2,6-3)10-8-11/h4-7H,1-3,8-10H2. The van der Waals surface area contributed by atoms with Crippen LogP contribution in [0.5, 0.6) is 0 Å². The zero-order valence-electron chi connectivity index (χ0n) is 7.55. The van der Waals surface area contributed by atoms with E-state index in [4.69, 9.17) is 0 Å². The molecule has 0 spiro atoms. The molecule has 0 saturated heterocycles. The van der Waals surface area contributed by atoms with Crippen LogP contribution in [0.3, 0.4) is 0 Å². The van der Waals surface area contributed by atoms with Crippen LogP contribution in [-0.2, 0) is 0 Å². The summed E-state index contributed by atoms with van der Waals surface area (Å²) in [6.07, 6.45) is 11.4. The molecular weight excluding hydrogens is 144 g/mol. The zero-order valence-corrected chi connectivity index (χ0v) is 7.55. The van der Waals surface area contributed by atoms with Crippen LogP contribution < -0.4 is 0 Å². The highest BCUT2D eigenvalue weighted by Gasteiger charge is 2.24. The summed E-state index contributed by atoms with van der Waals surface area (Å²) in [5.41, 5.74) is 1.50. The molecule has 0 bridgehead atoms. The van der Waals surface area contributed by atoms with Crippen molar-refractivity contribution in [3.8, 4) is 0 Å². The summed E-state index contributed by atoms with van der Waals surface area (Å²) in [5.74, 6) is 0. The van der Waals surface area contributed by atoms with E-state index in [0.29, 0.717) is 0 Å². The van der Waals surface area contributed by atoms with Crippen molar-refractivity contribution in [1.29, 1.82) is 0 Å². The first-order valence-corrected chi connectivity index (χ1v) is 4.35. The van der Waals surface area contributed by atoms with E-state index in [2.05, 4.69) is 25.8 Å². The predicted octanol–water partition coefficient (Wildman–Crippen LogP) is 3.64. The van der Waals surface area contributed by atoms with Gasteiger partial charge in [-0.05, 0) is 19.3 Å². The summed E-state index contributed by atoms with van der Waals surface area (Å²) in [6, 6.07) is 0. The molecule has 0 saturated carbocycles. The van der Waals surface area contributed by atoms with Gasteiger partial charge in [-0.2, -0.15) is 0 Å². The molecule has 0 radical (unpaired) electrons. The Kier molecular flexibility index (Phi) is 2.69. The number of rotatable bonds is 3. The summed E-state index contributed by atoms with van der Waals surface area (Å²) in [5, 5.41) is 0. The minimum absolute atomic E-state index is 0.145. The van der Waals surface area contributed by atoms with Crippen molar-refractivity contribution in [3.05, 3.63) is 49.6 Å². The first-order valence-electron chi connectivity index (χ1n) is 4.35. The van der Waals surface area contributed by atoms with E-state index in [0.717, 1.165) is 19.3 Å². The van der Waals surface area contributed by atoms with Gasteiger partial charge in [0.05, 0.1) is 0 Å². The fourth-order valence-electron chi connectivity index (χ4n) is 1.54. The number of allylic oxidation sites excluding steroid dienone is 5. The summed E-state index contributed by atoms with van der Waals surface area (Å²) < 4.78 is 0. The van der Waals surface area contributed by atoms with Crippen molar-refractivity contribution < 1.29 is 0 Å². The summed E-state index contributed by atoms with van der Waals surface area (Å²) in [7, 11) is 0. The van der Waals surface area contributed by atoms with Crippen molar-refractivity contribution in [2.24, 2.45) is 5.41 Å². The summed E-state index contributed by atoms with van der Waals surface area (Å²) in [4.78, 5) is 0. The van der Waals surface area contributed by atoms with Crippen molar-refractivity contribution in [2.45, 2.75) is 19.3 Å². The van der Waals surface area contributed by atoms with Gasteiger partial charge in [0.1, 0.15) is 0 Å². The van der Waals surface area contributed by atoms with E-state index < -0.39 is 0 Å². The SMILES string of the molecule is C=CC1=CCC(C=C)(C=C)CC1. The fourth-order valence-corrected chi connectivity index (χ4v) is 1.54. The lowest BCUT2D eigenvalue weighted by Crippen LogP contribution is -2.16. The van der Waals surface area contributed by atoms with Crippen molar-refractivity contribution >= 4 is 0 Å². The molecular formula is C12H16. The monoisotopic (exact) mass is 160 g/mol. The molecule has 0 nitrogen and oxygen atoms in total. The van der Waals surface area contributed by atoms with Gasteiger partial charge >= 0.3 is 0 Å². The molecule has 0 aliphatic heterocycles. The molecule has 0 aromatic carbocycles. The van der Waals surface area contributed by atoms with E-state index in [-0.39, 0.29) is 5.41 Å². The van der Waals surface area contributed by atoms with Crippen LogP contribution in [0.2, 0.25) is 0 Å². The number of hydrogen-bond acceptors (Lipinski definition) is 0. The van der Waals surface area contributed by atoms with Crippen molar-refractivity contribution in [3.63, 3.8) is 0 Å². The van der Waals surface area contributed by atoms with Gasteiger partial charge in [-0.3, -0.25) is 0 Å². The highest BCUT2D eigenvalue weighted by molar-refractivity contribution is 5.24. The highest BCUT2D eigenvalue weighted by Crippen LogP contribution is 2.37. The maximum absolute atomic E-state index is 3.85. The van der Waals surface area contributed by atoms with Gasteiger partial charge in [0.25, 0.3) is 0 Å². The molecule has 0 unspecified atom stereocenters. The van der Waals surface area contributed by atoms with E-state index >= 15 is 0 Å². The summed E-state index contributed by atoms with van der Waals surface area (Å²) in [6.45, 7) is 11.5. The van der Waals surface area contributed by atoms with Gasteiger partial charge in [0.2, 0.25) is 0 Å². The van der Waals surface area contributed by atoms with Gasteiger partial charge in [-0.15, -0.1) is 13.2 Å². The second-order valence-corrected chi connectivity index (χ2v) is 3.33. The van der Waals surface area contributed by atoms with Crippen LogP contribution >= 0.6 is 0 Å². The number of hydrogen-bond donors (Lipinski definition) is 0. The van der Waals surface area contributed by atoms with Crippen LogP contribution in [0, 0.1) is 5.41 Å². The second kappa shape index (κ2) is 3.57. The third-order valence-electron chi connectivity index (χ3n) is 2.70. The first-order chi connectivity index (χ1) is 5.76. The molecule has 0 fully saturated rings. The Bertz CT molecular complexity index is 222. The normalized spacial score (nSPS) is 20.8. The average Bonchev–Trinajstić information content (AvgIpc) is 2.18. The Morgan fingerprint density at radius 2 is 1.92 bits per heavy atom. The Hall–Kier alpha value is -1.04. The van der Waals surface area contributed by atoms with Crippen LogP contribution in [0.25, 0.3) is 0 Å². The largest absolute Gasteiger partial charge is 0.102 e. The molecule has 0 atom stereocenters. The van der Waals surface area contributed by atoms with Crippen LogP contribution in [0.1, 0.15) is 19.3 Å². The molecule has 0 N–H and O–H groups in total. The van der Waals surface area contributed by atoms with Crippen LogP contribution in [0.15, 0.2) is 49.6 Å². The molecule has 0 heteroatoms. The molecule has 0 amide bonds. The molecule has 12 heavy (non-hydrogen) atoms. The lowest BCUT2D eigenvalue weighted by Gasteiger charge is -2.29. The second-order valence-electron chi connectivity index (χ2n) is 3.33. The van der Waals surface area contributed by atoms with E-state index in [1.807, 2.05) is 18.2 Å². The van der Waals surface area contributed by atoms with Crippen molar-refractivity contribution in [1.82, 2.24) is 0 Å². The Morgan fingerprint density at radius 3 is 2.25 bits per heavy atom. The first kappa shape index (κ1) is 9.05. The van der Waals surface area contributed by atoms with Crippen LogP contribution in [-0.4, -0.2) is 0 Å². The van der Waals surface area contributed by atoms with E-state index in [1.165, 1.54) is 5.57 Å². The molecule has 1 aliphatic rings. The minimum atomic E-state index is 0.145. The van der Waals surface area contributed by atoms with E-state index in [9.17, 15) is 0 Å². The van der Waals surface area contributed by atoms with E-state index in [1.54, 1.807) is 0 Å². The smallest absolute Gasteiger partial charge is 0.00935 e. The zero-order chi connectivity index (χ0) is 9.03. The van der Waals surface area contributed by atoms with Gasteiger partial charge in [-0.25, -0.2) is 0 Å². The Balaban J connectivity index is 2.77. The predicted molar refractivity (Wildman–Crippen MR) is 55.0 cm³/mol. The molecule has 0 aromatic rings. The Labute approximate surface area is 75.0 Å². The molecule has 0 aromatic heterocycles. The molecule has 0 heterocycles. The molecule has 1 aliphatic carbocycles. The quantitative estimate of drug-likeness (QED) is 0.553.